The fraction of sp³-hybridized carbons (Fsp3) is 0.550. The zero-order valence-corrected chi connectivity index (χ0v) is 14.8. The molecule has 1 N–H and O–H groups in total. The first kappa shape index (κ1) is 17.1. The molecule has 1 aromatic rings. The van der Waals surface area contributed by atoms with Gasteiger partial charge in [0.25, 0.3) is 5.91 Å². The lowest BCUT2D eigenvalue weighted by molar-refractivity contribution is -0.141. The van der Waals surface area contributed by atoms with Crippen LogP contribution in [-0.4, -0.2) is 58.4 Å². The number of benzene rings is 1. The van der Waals surface area contributed by atoms with Crippen LogP contribution in [0.2, 0.25) is 0 Å². The van der Waals surface area contributed by atoms with Crippen molar-refractivity contribution in [1.82, 2.24) is 9.80 Å². The number of carbonyl (C=O) groups is 3. The Morgan fingerprint density at radius 3 is 2.27 bits per heavy atom. The number of hydrogen-bond acceptors (Lipinski definition) is 3. The highest BCUT2D eigenvalue weighted by molar-refractivity contribution is 5.97. The molecule has 138 valence electrons. The first-order chi connectivity index (χ1) is 12.5. The van der Waals surface area contributed by atoms with Crippen LogP contribution in [0, 0.1) is 11.3 Å². The van der Waals surface area contributed by atoms with Crippen molar-refractivity contribution in [2.24, 2.45) is 11.3 Å². The van der Waals surface area contributed by atoms with Crippen LogP contribution in [0.4, 0.5) is 0 Å². The van der Waals surface area contributed by atoms with Crippen LogP contribution in [0.1, 0.15) is 42.5 Å². The van der Waals surface area contributed by atoms with Crippen molar-refractivity contribution in [3.8, 4) is 0 Å². The van der Waals surface area contributed by atoms with Crippen LogP contribution >= 0.6 is 0 Å². The minimum absolute atomic E-state index is 0.187. The summed E-state index contributed by atoms with van der Waals surface area (Å²) in [4.78, 5) is 40.4. The summed E-state index contributed by atoms with van der Waals surface area (Å²) in [6.07, 6.45) is 4.02. The molecule has 1 aliphatic carbocycles. The molecule has 2 aliphatic heterocycles. The summed E-state index contributed by atoms with van der Waals surface area (Å²) in [5.41, 5.74) is 0.338. The molecule has 6 nitrogen and oxygen atoms in total. The van der Waals surface area contributed by atoms with Gasteiger partial charge in [0, 0.05) is 31.1 Å². The number of aliphatic carboxylic acids is 1. The number of piperidine rings is 1. The molecule has 1 atom stereocenters. The molecule has 0 aromatic heterocycles. The largest absolute Gasteiger partial charge is 0.480 e. The molecule has 4 rings (SSSR count). The summed E-state index contributed by atoms with van der Waals surface area (Å²) in [5.74, 6) is -0.686. The maximum atomic E-state index is 12.9. The molecule has 6 heteroatoms. The average molecular weight is 356 g/mol. The zero-order chi connectivity index (χ0) is 18.3. The number of rotatable bonds is 3. The molecule has 2 amide bonds. The fourth-order valence-corrected chi connectivity index (χ4v) is 4.39. The van der Waals surface area contributed by atoms with Gasteiger partial charge in [0.05, 0.1) is 0 Å². The molecule has 2 heterocycles. The van der Waals surface area contributed by atoms with Crippen molar-refractivity contribution in [2.75, 3.05) is 19.6 Å². The number of carbonyl (C=O) groups excluding carboxylic acids is 2. The summed E-state index contributed by atoms with van der Waals surface area (Å²) in [6, 6.07) is 8.08. The van der Waals surface area contributed by atoms with Gasteiger partial charge in [-0.25, -0.2) is 4.79 Å². The number of nitrogens with zero attached hydrogens (tertiary/aromatic N) is 2. The first-order valence-electron chi connectivity index (χ1n) is 9.37. The first-order valence-corrected chi connectivity index (χ1v) is 9.37. The van der Waals surface area contributed by atoms with Gasteiger partial charge in [-0.3, -0.25) is 9.59 Å². The van der Waals surface area contributed by atoms with Crippen LogP contribution < -0.4 is 0 Å². The Morgan fingerprint density at radius 1 is 1.04 bits per heavy atom. The van der Waals surface area contributed by atoms with Gasteiger partial charge >= 0.3 is 5.97 Å². The summed E-state index contributed by atoms with van der Waals surface area (Å²) in [5, 5.41) is 9.66. The Hall–Kier alpha value is -2.37. The standard InChI is InChI=1S/C20H24N2O4/c23-17(15-6-7-15)21-10-8-20(9-11-21)12-16(19(25)26)22(13-20)18(24)14-4-2-1-3-5-14/h1-5,15-16H,6-13H2,(H,25,26)/t16-/m0/s1. The highest BCUT2D eigenvalue weighted by atomic mass is 16.4. The summed E-state index contributed by atoms with van der Waals surface area (Å²) >= 11 is 0. The van der Waals surface area contributed by atoms with Crippen molar-refractivity contribution < 1.29 is 19.5 Å². The molecule has 3 aliphatic rings. The SMILES string of the molecule is O=C(O)[C@@H]1CC2(CCN(C(=O)C3CC3)CC2)CN1C(=O)c1ccccc1. The molecule has 0 radical (unpaired) electrons. The number of hydrogen-bond donors (Lipinski definition) is 1. The number of carboxylic acids is 1. The van der Waals surface area contributed by atoms with Crippen LogP contribution in [0.15, 0.2) is 30.3 Å². The minimum Gasteiger partial charge on any atom is -0.480 e. The third kappa shape index (κ3) is 3.08. The predicted octanol–water partition coefficient (Wildman–Crippen LogP) is 2.00. The molecule has 2 saturated heterocycles. The molecule has 1 spiro atoms. The summed E-state index contributed by atoms with van der Waals surface area (Å²) in [6.45, 7) is 1.81. The lowest BCUT2D eigenvalue weighted by Gasteiger charge is -2.39. The van der Waals surface area contributed by atoms with E-state index in [2.05, 4.69) is 0 Å². The molecule has 0 unspecified atom stereocenters. The van der Waals surface area contributed by atoms with Gasteiger partial charge in [0.2, 0.25) is 5.91 Å². The van der Waals surface area contributed by atoms with E-state index >= 15 is 0 Å². The van der Waals surface area contributed by atoms with E-state index in [4.69, 9.17) is 0 Å². The molecule has 0 bridgehead atoms. The van der Waals surface area contributed by atoms with E-state index < -0.39 is 12.0 Å². The minimum atomic E-state index is -0.942. The van der Waals surface area contributed by atoms with Gasteiger partial charge in [0.1, 0.15) is 6.04 Å². The van der Waals surface area contributed by atoms with E-state index in [1.54, 1.807) is 24.3 Å². The number of amides is 2. The monoisotopic (exact) mass is 356 g/mol. The fourth-order valence-electron chi connectivity index (χ4n) is 4.39. The lowest BCUT2D eigenvalue weighted by atomic mass is 9.76. The van der Waals surface area contributed by atoms with Crippen LogP contribution in [0.25, 0.3) is 0 Å². The van der Waals surface area contributed by atoms with Crippen LogP contribution in [0.5, 0.6) is 0 Å². The average Bonchev–Trinajstić information content (AvgIpc) is 3.44. The van der Waals surface area contributed by atoms with Gasteiger partial charge in [-0.1, -0.05) is 18.2 Å². The van der Waals surface area contributed by atoms with E-state index in [9.17, 15) is 19.5 Å². The Kier molecular flexibility index (Phi) is 4.21. The van der Waals surface area contributed by atoms with Crippen LogP contribution in [-0.2, 0) is 9.59 Å². The molecule has 1 saturated carbocycles. The number of likely N-dealkylation sites (tertiary alicyclic amines) is 2. The van der Waals surface area contributed by atoms with Crippen molar-refractivity contribution in [2.45, 2.75) is 38.1 Å². The highest BCUT2D eigenvalue weighted by Crippen LogP contribution is 2.44. The maximum absolute atomic E-state index is 12.9. The van der Waals surface area contributed by atoms with Crippen molar-refractivity contribution in [3.05, 3.63) is 35.9 Å². The van der Waals surface area contributed by atoms with E-state index in [1.807, 2.05) is 11.0 Å². The topological polar surface area (TPSA) is 77.9 Å². The van der Waals surface area contributed by atoms with Gasteiger partial charge in [-0.15, -0.1) is 0 Å². The second kappa shape index (κ2) is 6.41. The third-order valence-corrected chi connectivity index (χ3v) is 6.14. The Labute approximate surface area is 152 Å². The van der Waals surface area contributed by atoms with Gasteiger partial charge in [0.15, 0.2) is 0 Å². The maximum Gasteiger partial charge on any atom is 0.326 e. The van der Waals surface area contributed by atoms with Crippen molar-refractivity contribution in [1.29, 1.82) is 0 Å². The highest BCUT2D eigenvalue weighted by Gasteiger charge is 2.50. The predicted molar refractivity (Wildman–Crippen MR) is 94.5 cm³/mol. The van der Waals surface area contributed by atoms with E-state index in [0.29, 0.717) is 31.6 Å². The molecular formula is C20H24N2O4. The molecule has 3 fully saturated rings. The van der Waals surface area contributed by atoms with E-state index in [-0.39, 0.29) is 23.1 Å². The van der Waals surface area contributed by atoms with Gasteiger partial charge < -0.3 is 14.9 Å². The van der Waals surface area contributed by atoms with Gasteiger partial charge in [-0.05, 0) is 49.7 Å². The molecule has 1 aromatic carbocycles. The second-order valence-electron chi connectivity index (χ2n) is 7.96. The quantitative estimate of drug-likeness (QED) is 0.899. The Balaban J connectivity index is 1.48. The van der Waals surface area contributed by atoms with Crippen molar-refractivity contribution >= 4 is 17.8 Å². The third-order valence-electron chi connectivity index (χ3n) is 6.14. The van der Waals surface area contributed by atoms with E-state index in [1.165, 1.54) is 4.90 Å². The zero-order valence-electron chi connectivity index (χ0n) is 14.8. The lowest BCUT2D eigenvalue weighted by Crippen LogP contribution is -2.45. The smallest absolute Gasteiger partial charge is 0.326 e. The Bertz CT molecular complexity index is 721. The molecule has 26 heavy (non-hydrogen) atoms. The summed E-state index contributed by atoms with van der Waals surface area (Å²) in [7, 11) is 0. The van der Waals surface area contributed by atoms with Crippen LogP contribution in [0.3, 0.4) is 0 Å². The summed E-state index contributed by atoms with van der Waals surface area (Å²) < 4.78 is 0. The van der Waals surface area contributed by atoms with Gasteiger partial charge in [-0.2, -0.15) is 0 Å². The molecular weight excluding hydrogens is 332 g/mol. The normalized spacial score (nSPS) is 24.7. The Morgan fingerprint density at radius 2 is 1.69 bits per heavy atom. The second-order valence-corrected chi connectivity index (χ2v) is 7.96. The number of carboxylic acid groups (broad SMARTS) is 1. The van der Waals surface area contributed by atoms with E-state index in [0.717, 1.165) is 25.7 Å². The van der Waals surface area contributed by atoms with Crippen molar-refractivity contribution in [3.63, 3.8) is 0 Å².